The monoisotopic (exact) mass is 463 g/mol. The van der Waals surface area contributed by atoms with Crippen molar-refractivity contribution in [3.05, 3.63) is 93.7 Å². The number of benzene rings is 2. The lowest BCUT2D eigenvalue weighted by atomic mass is 10.2. The molecule has 4 rings (SSSR count). The molecular formula is C22H14Cl2F3N3O. The van der Waals surface area contributed by atoms with Crippen molar-refractivity contribution in [2.75, 3.05) is 0 Å². The summed E-state index contributed by atoms with van der Waals surface area (Å²) in [7, 11) is 0. The number of aromatic nitrogens is 2. The summed E-state index contributed by atoms with van der Waals surface area (Å²) in [6.45, 7) is 0.191. The van der Waals surface area contributed by atoms with Crippen LogP contribution in [-0.4, -0.2) is 15.6 Å². The zero-order valence-electron chi connectivity index (χ0n) is 15.8. The minimum absolute atomic E-state index is 0.0938. The minimum Gasteiger partial charge on any atom is -0.391 e. The molecule has 158 valence electrons. The zero-order chi connectivity index (χ0) is 22.0. The Hall–Kier alpha value is -3.03. The summed E-state index contributed by atoms with van der Waals surface area (Å²) in [5.41, 5.74) is 1.20. The molecule has 0 amide bonds. The standard InChI is InChI=1S/C22H14Cl2F3N3O/c23-17-8-6-14(7-9-17)13-31-28-11-19-20-18(24)10-16(22(25,26)27)12-30(20)21(29-19)15-4-2-1-3-5-15/h1-12H,13H2/b28-11-. The second kappa shape index (κ2) is 8.61. The number of fused-ring (bicyclic) bond motifs is 1. The molecule has 0 aliphatic rings. The fraction of sp³-hybridized carbons (Fsp3) is 0.0909. The van der Waals surface area contributed by atoms with E-state index in [0.717, 1.165) is 17.8 Å². The Kier molecular flexibility index (Phi) is 5.89. The summed E-state index contributed by atoms with van der Waals surface area (Å²) < 4.78 is 41.3. The summed E-state index contributed by atoms with van der Waals surface area (Å²) in [5.74, 6) is 0.308. The molecule has 0 aliphatic carbocycles. The molecule has 0 fully saturated rings. The smallest absolute Gasteiger partial charge is 0.391 e. The number of hydrogen-bond acceptors (Lipinski definition) is 3. The molecular weight excluding hydrogens is 450 g/mol. The van der Waals surface area contributed by atoms with Gasteiger partial charge < -0.3 is 4.84 Å². The van der Waals surface area contributed by atoms with Gasteiger partial charge in [0.25, 0.3) is 0 Å². The Labute approximate surface area is 185 Å². The third kappa shape index (κ3) is 4.68. The Morgan fingerprint density at radius 2 is 1.74 bits per heavy atom. The van der Waals surface area contributed by atoms with Gasteiger partial charge in [-0.15, -0.1) is 0 Å². The highest BCUT2D eigenvalue weighted by atomic mass is 35.5. The molecule has 0 bridgehead atoms. The molecule has 9 heteroatoms. The number of halogens is 5. The summed E-state index contributed by atoms with van der Waals surface area (Å²) in [4.78, 5) is 9.76. The van der Waals surface area contributed by atoms with Crippen LogP contribution in [0, 0.1) is 0 Å². The van der Waals surface area contributed by atoms with E-state index in [1.807, 2.05) is 0 Å². The van der Waals surface area contributed by atoms with Crippen LogP contribution < -0.4 is 0 Å². The van der Waals surface area contributed by atoms with Crippen LogP contribution in [0.4, 0.5) is 13.2 Å². The Morgan fingerprint density at radius 3 is 2.42 bits per heavy atom. The first-order chi connectivity index (χ1) is 14.8. The molecule has 0 saturated heterocycles. The van der Waals surface area contributed by atoms with E-state index in [2.05, 4.69) is 10.1 Å². The van der Waals surface area contributed by atoms with Gasteiger partial charge in [-0.25, -0.2) is 4.98 Å². The second-order valence-corrected chi connectivity index (χ2v) is 7.46. The molecule has 2 heterocycles. The average molecular weight is 464 g/mol. The van der Waals surface area contributed by atoms with E-state index < -0.39 is 11.7 Å². The van der Waals surface area contributed by atoms with Crippen molar-refractivity contribution in [3.63, 3.8) is 0 Å². The molecule has 0 spiro atoms. The first kappa shape index (κ1) is 21.2. The number of alkyl halides is 3. The maximum atomic E-state index is 13.3. The van der Waals surface area contributed by atoms with Crippen LogP contribution >= 0.6 is 23.2 Å². The van der Waals surface area contributed by atoms with Gasteiger partial charge in [0.15, 0.2) is 0 Å². The van der Waals surface area contributed by atoms with E-state index in [1.165, 1.54) is 10.6 Å². The summed E-state index contributed by atoms with van der Waals surface area (Å²) in [6, 6.07) is 16.8. The molecule has 4 aromatic rings. The van der Waals surface area contributed by atoms with E-state index >= 15 is 0 Å². The number of oxime groups is 1. The molecule has 31 heavy (non-hydrogen) atoms. The van der Waals surface area contributed by atoms with Crippen molar-refractivity contribution in [2.45, 2.75) is 12.8 Å². The predicted octanol–water partition coefficient (Wildman–Crippen LogP) is 6.88. The highest BCUT2D eigenvalue weighted by molar-refractivity contribution is 6.34. The highest BCUT2D eigenvalue weighted by Gasteiger charge is 2.32. The van der Waals surface area contributed by atoms with Crippen LogP contribution in [-0.2, 0) is 17.6 Å². The lowest BCUT2D eigenvalue weighted by Gasteiger charge is -2.10. The molecule has 4 nitrogen and oxygen atoms in total. The van der Waals surface area contributed by atoms with Crippen molar-refractivity contribution in [1.82, 2.24) is 9.38 Å². The third-order valence-electron chi connectivity index (χ3n) is 4.47. The quantitative estimate of drug-likeness (QED) is 0.239. The van der Waals surface area contributed by atoms with Crippen LogP contribution in [0.5, 0.6) is 0 Å². The largest absolute Gasteiger partial charge is 0.417 e. The predicted molar refractivity (Wildman–Crippen MR) is 114 cm³/mol. The normalized spacial score (nSPS) is 12.0. The van der Waals surface area contributed by atoms with Gasteiger partial charge in [0, 0.05) is 16.8 Å². The SMILES string of the molecule is FC(F)(F)c1cc(Cl)c2c(/C=N\OCc3ccc(Cl)cc3)nc(-c3ccccc3)n2c1. The fourth-order valence-corrected chi connectivity index (χ4v) is 3.44. The average Bonchev–Trinajstić information content (AvgIpc) is 3.12. The Balaban J connectivity index is 1.72. The van der Waals surface area contributed by atoms with Gasteiger partial charge >= 0.3 is 6.18 Å². The van der Waals surface area contributed by atoms with Crippen molar-refractivity contribution in [3.8, 4) is 11.4 Å². The molecule has 2 aromatic heterocycles. The van der Waals surface area contributed by atoms with Crippen LogP contribution in [0.15, 0.2) is 72.0 Å². The number of rotatable bonds is 5. The van der Waals surface area contributed by atoms with Crippen LogP contribution in [0.2, 0.25) is 10.0 Å². The van der Waals surface area contributed by atoms with Crippen molar-refractivity contribution in [1.29, 1.82) is 0 Å². The Bertz CT molecular complexity index is 1240. The number of hydrogen-bond donors (Lipinski definition) is 0. The van der Waals surface area contributed by atoms with Gasteiger partial charge in [-0.05, 0) is 23.8 Å². The van der Waals surface area contributed by atoms with E-state index in [9.17, 15) is 13.2 Å². The summed E-state index contributed by atoms with van der Waals surface area (Å²) >= 11 is 12.1. The first-order valence-electron chi connectivity index (χ1n) is 9.07. The lowest BCUT2D eigenvalue weighted by molar-refractivity contribution is -0.137. The van der Waals surface area contributed by atoms with Crippen molar-refractivity contribution >= 4 is 34.9 Å². The lowest BCUT2D eigenvalue weighted by Crippen LogP contribution is -2.07. The maximum absolute atomic E-state index is 13.3. The summed E-state index contributed by atoms with van der Waals surface area (Å²) in [5, 5.41) is 4.43. The zero-order valence-corrected chi connectivity index (χ0v) is 17.3. The molecule has 0 N–H and O–H groups in total. The van der Waals surface area contributed by atoms with Crippen LogP contribution in [0.25, 0.3) is 16.9 Å². The van der Waals surface area contributed by atoms with Crippen molar-refractivity contribution < 1.29 is 18.0 Å². The van der Waals surface area contributed by atoms with Crippen molar-refractivity contribution in [2.24, 2.45) is 5.16 Å². The van der Waals surface area contributed by atoms with Crippen LogP contribution in [0.1, 0.15) is 16.8 Å². The molecule has 0 atom stereocenters. The van der Waals surface area contributed by atoms with Gasteiger partial charge in [0.05, 0.1) is 22.3 Å². The summed E-state index contributed by atoms with van der Waals surface area (Å²) in [6.07, 6.45) is -2.24. The van der Waals surface area contributed by atoms with Gasteiger partial charge in [-0.3, -0.25) is 4.40 Å². The maximum Gasteiger partial charge on any atom is 0.417 e. The number of imidazole rings is 1. The third-order valence-corrected chi connectivity index (χ3v) is 5.01. The molecule has 2 aromatic carbocycles. The van der Waals surface area contributed by atoms with Gasteiger partial charge in [0.1, 0.15) is 18.1 Å². The molecule has 0 aliphatic heterocycles. The first-order valence-corrected chi connectivity index (χ1v) is 9.82. The van der Waals surface area contributed by atoms with E-state index in [1.54, 1.807) is 54.6 Å². The molecule has 0 radical (unpaired) electrons. The van der Waals surface area contributed by atoms with Gasteiger partial charge in [0.2, 0.25) is 0 Å². The van der Waals surface area contributed by atoms with E-state index in [-0.39, 0.29) is 17.3 Å². The topological polar surface area (TPSA) is 38.9 Å². The van der Waals surface area contributed by atoms with E-state index in [4.69, 9.17) is 28.0 Å². The number of pyridine rings is 1. The van der Waals surface area contributed by atoms with Gasteiger partial charge in [-0.2, -0.15) is 13.2 Å². The fourth-order valence-electron chi connectivity index (χ4n) is 3.01. The van der Waals surface area contributed by atoms with Crippen LogP contribution in [0.3, 0.4) is 0 Å². The Morgan fingerprint density at radius 1 is 1.03 bits per heavy atom. The second-order valence-electron chi connectivity index (χ2n) is 6.61. The highest BCUT2D eigenvalue weighted by Crippen LogP contribution is 2.35. The molecule has 0 unspecified atom stereocenters. The van der Waals surface area contributed by atoms with Gasteiger partial charge in [-0.1, -0.05) is 70.8 Å². The number of nitrogens with zero attached hydrogens (tertiary/aromatic N) is 3. The van der Waals surface area contributed by atoms with E-state index in [0.29, 0.717) is 21.9 Å². The molecule has 0 saturated carbocycles. The minimum atomic E-state index is -4.55.